The molecule has 0 atom stereocenters. The van der Waals surface area contributed by atoms with E-state index in [2.05, 4.69) is 20.9 Å². The van der Waals surface area contributed by atoms with E-state index >= 15 is 0 Å². The molecular weight excluding hydrogens is 310 g/mol. The molecule has 0 aliphatic carbocycles. The molecule has 7 nitrogen and oxygen atoms in total. The molecule has 0 bridgehead atoms. The number of aliphatic hydroxyl groups excluding tert-OH is 4. The largest absolute Gasteiger partial charge is 0.396 e. The number of hydrogen-bond acceptors (Lipinski definition) is 7. The molecule has 0 radical (unpaired) electrons. The fraction of sp³-hybridized carbons (Fsp3) is 0.706. The van der Waals surface area contributed by atoms with Gasteiger partial charge in [0.25, 0.3) is 0 Å². The smallest absolute Gasteiger partial charge is 0.0493 e. The summed E-state index contributed by atoms with van der Waals surface area (Å²) in [6.07, 6.45) is 3.63. The Morgan fingerprint density at radius 2 is 1.17 bits per heavy atom. The molecule has 0 amide bonds. The Labute approximate surface area is 144 Å². The first-order valence-corrected chi connectivity index (χ1v) is 8.25. The summed E-state index contributed by atoms with van der Waals surface area (Å²) in [5.74, 6) is -0.266. The van der Waals surface area contributed by atoms with E-state index in [1.54, 1.807) is 0 Å². The fourth-order valence-corrected chi connectivity index (χ4v) is 2.69. The van der Waals surface area contributed by atoms with E-state index in [1.807, 2.05) is 26.5 Å². The van der Waals surface area contributed by atoms with Gasteiger partial charge in [-0.1, -0.05) is 6.07 Å². The Balaban J connectivity index is 2.56. The van der Waals surface area contributed by atoms with Crippen LogP contribution in [0.15, 0.2) is 18.5 Å². The van der Waals surface area contributed by atoms with Gasteiger partial charge in [0, 0.05) is 76.8 Å². The molecule has 1 aromatic rings. The van der Waals surface area contributed by atoms with E-state index < -0.39 is 0 Å². The molecule has 0 spiro atoms. The van der Waals surface area contributed by atoms with Gasteiger partial charge in [-0.3, -0.25) is 4.98 Å². The monoisotopic (exact) mass is 341 g/mol. The summed E-state index contributed by atoms with van der Waals surface area (Å²) >= 11 is 0. The van der Waals surface area contributed by atoms with E-state index in [0.717, 1.165) is 11.1 Å². The minimum absolute atomic E-state index is 0.0270. The molecule has 0 aromatic carbocycles. The van der Waals surface area contributed by atoms with Gasteiger partial charge in [-0.15, -0.1) is 0 Å². The van der Waals surface area contributed by atoms with Gasteiger partial charge in [0.1, 0.15) is 0 Å². The van der Waals surface area contributed by atoms with E-state index in [1.165, 1.54) is 0 Å². The molecule has 1 rings (SSSR count). The van der Waals surface area contributed by atoms with Crippen molar-refractivity contribution in [1.29, 1.82) is 0 Å². The van der Waals surface area contributed by atoms with Crippen molar-refractivity contribution in [3.05, 3.63) is 29.6 Å². The summed E-state index contributed by atoms with van der Waals surface area (Å²) in [5.41, 5.74) is 2.14. The summed E-state index contributed by atoms with van der Waals surface area (Å²) in [6, 6.07) is 2.08. The lowest BCUT2D eigenvalue weighted by Crippen LogP contribution is -2.30. The predicted molar refractivity (Wildman–Crippen MR) is 92.2 cm³/mol. The Morgan fingerprint density at radius 1 is 0.792 bits per heavy atom. The molecule has 24 heavy (non-hydrogen) atoms. The van der Waals surface area contributed by atoms with Gasteiger partial charge < -0.3 is 30.2 Å². The molecule has 7 heteroatoms. The van der Waals surface area contributed by atoms with Crippen molar-refractivity contribution in [1.82, 2.24) is 14.8 Å². The topological polar surface area (TPSA) is 100 Å². The molecule has 0 unspecified atom stereocenters. The SMILES string of the molecule is CN(Cc1cncc(CN(C)CC(CO)CO)c1)CC(CO)CO. The van der Waals surface area contributed by atoms with Crippen LogP contribution in [-0.2, 0) is 13.1 Å². The third-order valence-corrected chi connectivity index (χ3v) is 3.93. The van der Waals surface area contributed by atoms with Crippen LogP contribution in [0.1, 0.15) is 11.1 Å². The second-order valence-electron chi connectivity index (χ2n) is 6.56. The van der Waals surface area contributed by atoms with Crippen LogP contribution in [0.2, 0.25) is 0 Å². The molecule has 0 aliphatic rings. The van der Waals surface area contributed by atoms with Crippen LogP contribution >= 0.6 is 0 Å². The van der Waals surface area contributed by atoms with Crippen LogP contribution < -0.4 is 0 Å². The van der Waals surface area contributed by atoms with Crippen LogP contribution in [0.25, 0.3) is 0 Å². The molecule has 1 heterocycles. The van der Waals surface area contributed by atoms with Gasteiger partial charge in [-0.05, 0) is 25.2 Å². The summed E-state index contributed by atoms with van der Waals surface area (Å²) in [5, 5.41) is 36.6. The highest BCUT2D eigenvalue weighted by molar-refractivity contribution is 5.18. The van der Waals surface area contributed by atoms with Gasteiger partial charge in [-0.25, -0.2) is 0 Å². The van der Waals surface area contributed by atoms with E-state index in [9.17, 15) is 0 Å². The van der Waals surface area contributed by atoms with Crippen LogP contribution in [0.4, 0.5) is 0 Å². The minimum atomic E-state index is -0.133. The number of hydrogen-bond donors (Lipinski definition) is 4. The summed E-state index contributed by atoms with van der Waals surface area (Å²) in [6.45, 7) is 2.51. The average Bonchev–Trinajstić information content (AvgIpc) is 2.57. The second kappa shape index (κ2) is 11.5. The summed E-state index contributed by atoms with van der Waals surface area (Å²) in [4.78, 5) is 8.38. The minimum Gasteiger partial charge on any atom is -0.396 e. The van der Waals surface area contributed by atoms with Crippen molar-refractivity contribution in [2.75, 3.05) is 53.6 Å². The van der Waals surface area contributed by atoms with Crippen molar-refractivity contribution in [3.63, 3.8) is 0 Å². The van der Waals surface area contributed by atoms with Crippen molar-refractivity contribution in [2.45, 2.75) is 13.1 Å². The van der Waals surface area contributed by atoms with Gasteiger partial charge >= 0.3 is 0 Å². The number of aliphatic hydroxyl groups is 4. The van der Waals surface area contributed by atoms with E-state index in [4.69, 9.17) is 20.4 Å². The maximum atomic E-state index is 9.16. The lowest BCUT2D eigenvalue weighted by molar-refractivity contribution is 0.116. The number of nitrogens with zero attached hydrogens (tertiary/aromatic N) is 3. The van der Waals surface area contributed by atoms with Gasteiger partial charge in [0.05, 0.1) is 0 Å². The number of pyridine rings is 1. The van der Waals surface area contributed by atoms with Gasteiger partial charge in [-0.2, -0.15) is 0 Å². The van der Waals surface area contributed by atoms with Crippen LogP contribution in [0, 0.1) is 11.8 Å². The van der Waals surface area contributed by atoms with Crippen molar-refractivity contribution >= 4 is 0 Å². The Bertz CT molecular complexity index is 416. The fourth-order valence-electron chi connectivity index (χ4n) is 2.69. The molecule has 0 saturated heterocycles. The molecular formula is C17H31N3O4. The normalized spacial score (nSPS) is 12.1. The maximum absolute atomic E-state index is 9.16. The standard InChI is InChI=1S/C17H31N3O4/c1-19(8-16(10-21)11-22)6-14-3-15(5-18-4-14)7-20(2)9-17(12-23)13-24/h3-5,16-17,21-24H,6-13H2,1-2H3. The lowest BCUT2D eigenvalue weighted by atomic mass is 10.1. The Kier molecular flexibility index (Phi) is 10.0. The second-order valence-corrected chi connectivity index (χ2v) is 6.56. The summed E-state index contributed by atoms with van der Waals surface area (Å²) < 4.78 is 0. The van der Waals surface area contributed by atoms with Gasteiger partial charge in [0.15, 0.2) is 0 Å². The third-order valence-electron chi connectivity index (χ3n) is 3.93. The molecule has 0 fully saturated rings. The summed E-state index contributed by atoms with van der Waals surface area (Å²) in [7, 11) is 3.90. The molecule has 0 saturated carbocycles. The number of rotatable bonds is 12. The van der Waals surface area contributed by atoms with Crippen molar-refractivity contribution in [3.8, 4) is 0 Å². The predicted octanol–water partition coefficient (Wildman–Crippen LogP) is -0.853. The highest BCUT2D eigenvalue weighted by Crippen LogP contribution is 2.10. The Hall–Kier alpha value is -1.09. The zero-order valence-corrected chi connectivity index (χ0v) is 14.7. The third kappa shape index (κ3) is 7.65. The first kappa shape index (κ1) is 21.0. The van der Waals surface area contributed by atoms with Gasteiger partial charge in [0.2, 0.25) is 0 Å². The molecule has 1 aromatic heterocycles. The first-order chi connectivity index (χ1) is 11.5. The quantitative estimate of drug-likeness (QED) is 0.393. The molecule has 4 N–H and O–H groups in total. The van der Waals surface area contributed by atoms with E-state index in [0.29, 0.717) is 26.2 Å². The molecule has 138 valence electrons. The highest BCUT2D eigenvalue weighted by atomic mass is 16.3. The molecule has 0 aliphatic heterocycles. The van der Waals surface area contributed by atoms with Crippen LogP contribution in [-0.4, -0.2) is 88.8 Å². The zero-order valence-electron chi connectivity index (χ0n) is 14.7. The number of aromatic nitrogens is 1. The van der Waals surface area contributed by atoms with E-state index in [-0.39, 0.29) is 38.3 Å². The van der Waals surface area contributed by atoms with Crippen molar-refractivity contribution in [2.24, 2.45) is 11.8 Å². The first-order valence-electron chi connectivity index (χ1n) is 8.25. The highest BCUT2D eigenvalue weighted by Gasteiger charge is 2.12. The lowest BCUT2D eigenvalue weighted by Gasteiger charge is -2.23. The van der Waals surface area contributed by atoms with Crippen LogP contribution in [0.3, 0.4) is 0 Å². The maximum Gasteiger partial charge on any atom is 0.0493 e. The van der Waals surface area contributed by atoms with Crippen molar-refractivity contribution < 1.29 is 20.4 Å². The Morgan fingerprint density at radius 3 is 1.50 bits per heavy atom. The van der Waals surface area contributed by atoms with Crippen LogP contribution in [0.5, 0.6) is 0 Å². The average molecular weight is 341 g/mol. The zero-order chi connectivity index (χ0) is 17.9.